The first-order chi connectivity index (χ1) is 6.77. The van der Waals surface area contributed by atoms with Crippen LogP contribution in [0.25, 0.3) is 0 Å². The summed E-state index contributed by atoms with van der Waals surface area (Å²) in [5.74, 6) is 0.648. The van der Waals surface area contributed by atoms with Crippen LogP contribution in [0.4, 0.5) is 0 Å². The maximum absolute atomic E-state index is 11.7. The molecule has 0 amide bonds. The molecule has 1 saturated carbocycles. The van der Waals surface area contributed by atoms with Crippen molar-refractivity contribution in [2.24, 2.45) is 11.7 Å². The number of carbonyl (C=O) groups is 1. The van der Waals surface area contributed by atoms with Gasteiger partial charge >= 0.3 is 0 Å². The van der Waals surface area contributed by atoms with E-state index in [1.165, 1.54) is 11.1 Å². The molecule has 0 saturated heterocycles. The van der Waals surface area contributed by atoms with Crippen LogP contribution in [0.3, 0.4) is 0 Å². The lowest BCUT2D eigenvalue weighted by Crippen LogP contribution is -2.34. The van der Waals surface area contributed by atoms with Gasteiger partial charge in [0, 0.05) is 24.0 Å². The van der Waals surface area contributed by atoms with Crippen molar-refractivity contribution in [1.82, 2.24) is 0 Å². The van der Waals surface area contributed by atoms with Crippen LogP contribution in [0.2, 0.25) is 0 Å². The van der Waals surface area contributed by atoms with Gasteiger partial charge in [-0.05, 0) is 24.0 Å². The molecule has 0 aromatic carbocycles. The molecular formula is C12H13NO. The van der Waals surface area contributed by atoms with E-state index in [2.05, 4.69) is 12.2 Å². The molecule has 2 heteroatoms. The molecule has 2 nitrogen and oxygen atoms in total. The number of hydrogen-bond acceptors (Lipinski definition) is 2. The second kappa shape index (κ2) is 2.67. The highest BCUT2D eigenvalue weighted by molar-refractivity contribution is 6.00. The number of ketones is 1. The molecule has 0 aromatic heterocycles. The van der Waals surface area contributed by atoms with E-state index in [1.807, 2.05) is 6.08 Å². The average molecular weight is 187 g/mol. The molecule has 3 aliphatic rings. The summed E-state index contributed by atoms with van der Waals surface area (Å²) in [4.78, 5) is 11.7. The van der Waals surface area contributed by atoms with E-state index in [0.717, 1.165) is 18.4 Å². The molecule has 0 heterocycles. The van der Waals surface area contributed by atoms with Gasteiger partial charge in [-0.25, -0.2) is 0 Å². The number of carbonyl (C=O) groups excluding carboxylic acids is 1. The summed E-state index contributed by atoms with van der Waals surface area (Å²) in [6, 6.07) is 0.159. The number of Topliss-reactive ketones (excluding diaryl/α,β-unsaturated/α-hetero) is 1. The Bertz CT molecular complexity index is 401. The molecule has 2 unspecified atom stereocenters. The molecule has 2 atom stereocenters. The fourth-order valence-corrected chi connectivity index (χ4v) is 2.84. The van der Waals surface area contributed by atoms with Crippen molar-refractivity contribution < 1.29 is 4.79 Å². The predicted octanol–water partition coefficient (Wildman–Crippen LogP) is 1.49. The molecule has 0 aromatic rings. The molecule has 0 spiro atoms. The molecule has 0 aliphatic heterocycles. The third-order valence-corrected chi connectivity index (χ3v) is 3.52. The zero-order chi connectivity index (χ0) is 9.71. The minimum Gasteiger partial charge on any atom is -0.327 e. The number of nitrogens with two attached hydrogens (primary N) is 1. The van der Waals surface area contributed by atoms with Crippen molar-refractivity contribution in [3.8, 4) is 0 Å². The summed E-state index contributed by atoms with van der Waals surface area (Å²) in [5.41, 5.74) is 9.54. The predicted molar refractivity (Wildman–Crippen MR) is 54.6 cm³/mol. The largest absolute Gasteiger partial charge is 0.327 e. The smallest absolute Gasteiger partial charge is 0.159 e. The Morgan fingerprint density at radius 1 is 1.43 bits per heavy atom. The maximum atomic E-state index is 11.7. The van der Waals surface area contributed by atoms with E-state index in [1.54, 1.807) is 0 Å². The van der Waals surface area contributed by atoms with E-state index >= 15 is 0 Å². The summed E-state index contributed by atoms with van der Waals surface area (Å²) in [6.45, 7) is 0. The summed E-state index contributed by atoms with van der Waals surface area (Å²) in [7, 11) is 0. The van der Waals surface area contributed by atoms with Crippen molar-refractivity contribution in [2.75, 3.05) is 0 Å². The third-order valence-electron chi connectivity index (χ3n) is 3.52. The van der Waals surface area contributed by atoms with Crippen molar-refractivity contribution in [3.63, 3.8) is 0 Å². The highest BCUT2D eigenvalue weighted by atomic mass is 16.1. The number of hydrogen-bond donors (Lipinski definition) is 1. The van der Waals surface area contributed by atoms with Crippen molar-refractivity contribution in [3.05, 3.63) is 34.9 Å². The van der Waals surface area contributed by atoms with Crippen LogP contribution in [0.5, 0.6) is 0 Å². The highest BCUT2D eigenvalue weighted by Crippen LogP contribution is 2.43. The molecule has 2 N–H and O–H groups in total. The molecule has 72 valence electrons. The van der Waals surface area contributed by atoms with E-state index in [9.17, 15) is 4.79 Å². The summed E-state index contributed by atoms with van der Waals surface area (Å²) >= 11 is 0. The van der Waals surface area contributed by atoms with Gasteiger partial charge in [-0.15, -0.1) is 0 Å². The Balaban J connectivity index is 2.18. The summed E-state index contributed by atoms with van der Waals surface area (Å²) in [6.07, 6.45) is 8.76. The van der Waals surface area contributed by atoms with Gasteiger partial charge in [0.2, 0.25) is 0 Å². The fraction of sp³-hybridized carbons (Fsp3) is 0.417. The average Bonchev–Trinajstić information content (AvgIpc) is 2.71. The van der Waals surface area contributed by atoms with Crippen LogP contribution in [0.15, 0.2) is 34.9 Å². The number of allylic oxidation sites excluding steroid dienone is 4. The van der Waals surface area contributed by atoms with Gasteiger partial charge in [-0.3, -0.25) is 4.79 Å². The molecule has 14 heavy (non-hydrogen) atoms. The van der Waals surface area contributed by atoms with Gasteiger partial charge in [0.15, 0.2) is 5.78 Å². The van der Waals surface area contributed by atoms with Crippen molar-refractivity contribution >= 4 is 5.78 Å². The van der Waals surface area contributed by atoms with Gasteiger partial charge in [0.05, 0.1) is 0 Å². The second-order valence-electron chi connectivity index (χ2n) is 4.31. The van der Waals surface area contributed by atoms with Gasteiger partial charge in [0.25, 0.3) is 0 Å². The fourth-order valence-electron chi connectivity index (χ4n) is 2.84. The molecular weight excluding hydrogens is 174 g/mol. The minimum atomic E-state index is 0.159. The van der Waals surface area contributed by atoms with Crippen molar-refractivity contribution in [1.29, 1.82) is 0 Å². The third kappa shape index (κ3) is 0.919. The van der Waals surface area contributed by atoms with Gasteiger partial charge in [-0.2, -0.15) is 0 Å². The first-order valence-corrected chi connectivity index (χ1v) is 5.18. The topological polar surface area (TPSA) is 43.1 Å². The number of rotatable bonds is 0. The summed E-state index contributed by atoms with van der Waals surface area (Å²) < 4.78 is 0. The maximum Gasteiger partial charge on any atom is 0.159 e. The Kier molecular flexibility index (Phi) is 1.56. The SMILES string of the molecule is NC1CC2=CC=CC2=C2C(=O)CCC21. The Morgan fingerprint density at radius 3 is 3.14 bits per heavy atom. The monoisotopic (exact) mass is 187 g/mol. The summed E-state index contributed by atoms with van der Waals surface area (Å²) in [5, 5.41) is 0. The molecule has 3 rings (SSSR count). The van der Waals surface area contributed by atoms with Crippen LogP contribution in [-0.4, -0.2) is 11.8 Å². The lowest BCUT2D eigenvalue weighted by atomic mass is 9.79. The number of fused-ring (bicyclic) bond motifs is 2. The Morgan fingerprint density at radius 2 is 2.29 bits per heavy atom. The van der Waals surface area contributed by atoms with Crippen molar-refractivity contribution in [2.45, 2.75) is 25.3 Å². The Hall–Kier alpha value is -1.15. The second-order valence-corrected chi connectivity index (χ2v) is 4.31. The van der Waals surface area contributed by atoms with Crippen LogP contribution < -0.4 is 5.73 Å². The lowest BCUT2D eigenvalue weighted by molar-refractivity contribution is -0.114. The normalized spacial score (nSPS) is 34.6. The lowest BCUT2D eigenvalue weighted by Gasteiger charge is -2.28. The van der Waals surface area contributed by atoms with Crippen LogP contribution in [-0.2, 0) is 4.79 Å². The molecule has 3 aliphatic carbocycles. The first kappa shape index (κ1) is 8.18. The van der Waals surface area contributed by atoms with E-state index < -0.39 is 0 Å². The molecule has 0 radical (unpaired) electrons. The zero-order valence-corrected chi connectivity index (χ0v) is 7.99. The van der Waals surface area contributed by atoms with Gasteiger partial charge in [-0.1, -0.05) is 18.2 Å². The highest BCUT2D eigenvalue weighted by Gasteiger charge is 2.39. The van der Waals surface area contributed by atoms with E-state index in [4.69, 9.17) is 5.73 Å². The van der Waals surface area contributed by atoms with Gasteiger partial charge in [0.1, 0.15) is 0 Å². The van der Waals surface area contributed by atoms with Crippen LogP contribution >= 0.6 is 0 Å². The van der Waals surface area contributed by atoms with Gasteiger partial charge < -0.3 is 5.73 Å². The Labute approximate surface area is 83.2 Å². The quantitative estimate of drug-likeness (QED) is 0.624. The van der Waals surface area contributed by atoms with Crippen LogP contribution in [0, 0.1) is 5.92 Å². The first-order valence-electron chi connectivity index (χ1n) is 5.18. The van der Waals surface area contributed by atoms with Crippen LogP contribution in [0.1, 0.15) is 19.3 Å². The minimum absolute atomic E-state index is 0.159. The van der Waals surface area contributed by atoms with E-state index in [-0.39, 0.29) is 6.04 Å². The standard InChI is InChI=1S/C12H13NO/c13-10-6-7-2-1-3-8(7)12-9(10)4-5-11(12)14/h1-3,9-10H,4-6,13H2. The molecule has 0 bridgehead atoms. The zero-order valence-electron chi connectivity index (χ0n) is 7.99. The van der Waals surface area contributed by atoms with E-state index in [0.29, 0.717) is 18.1 Å². The molecule has 1 fully saturated rings.